The first-order valence-corrected chi connectivity index (χ1v) is 6.99. The summed E-state index contributed by atoms with van der Waals surface area (Å²) < 4.78 is 0. The normalized spacial score (nSPS) is 13.4. The molecule has 0 amide bonds. The number of hydrogen-bond acceptors (Lipinski definition) is 2. The number of pyridine rings is 1. The summed E-state index contributed by atoms with van der Waals surface area (Å²) in [6, 6.07) is 6.34. The molecule has 0 fully saturated rings. The molecule has 4 heteroatoms. The van der Waals surface area contributed by atoms with Crippen molar-refractivity contribution in [1.82, 2.24) is 15.6 Å². The highest BCUT2D eigenvalue weighted by Gasteiger charge is 2.06. The molecule has 0 aromatic carbocycles. The second-order valence-electron chi connectivity index (χ2n) is 5.26. The van der Waals surface area contributed by atoms with Gasteiger partial charge in [0, 0.05) is 19.3 Å². The average molecular weight is 262 g/mol. The molecule has 0 bridgehead atoms. The fourth-order valence-corrected chi connectivity index (χ4v) is 1.76. The van der Waals surface area contributed by atoms with Crippen molar-refractivity contribution >= 4 is 5.96 Å². The van der Waals surface area contributed by atoms with E-state index in [0.717, 1.165) is 24.0 Å². The molecule has 0 aliphatic heterocycles. The lowest BCUT2D eigenvalue weighted by Gasteiger charge is -2.18. The zero-order chi connectivity index (χ0) is 14.1. The van der Waals surface area contributed by atoms with E-state index in [2.05, 4.69) is 41.4 Å². The van der Waals surface area contributed by atoms with E-state index in [1.165, 1.54) is 6.42 Å². The first-order valence-electron chi connectivity index (χ1n) is 6.99. The summed E-state index contributed by atoms with van der Waals surface area (Å²) in [6.07, 6.45) is 4.19. The zero-order valence-corrected chi connectivity index (χ0v) is 12.5. The van der Waals surface area contributed by atoms with E-state index in [1.54, 1.807) is 13.2 Å². The fraction of sp³-hybridized carbons (Fsp3) is 0.600. The van der Waals surface area contributed by atoms with E-state index in [0.29, 0.717) is 12.6 Å². The molecule has 106 valence electrons. The third kappa shape index (κ3) is 6.79. The highest BCUT2D eigenvalue weighted by molar-refractivity contribution is 5.79. The summed E-state index contributed by atoms with van der Waals surface area (Å²) in [5, 5.41) is 6.68. The van der Waals surface area contributed by atoms with Crippen molar-refractivity contribution in [3.05, 3.63) is 30.1 Å². The minimum absolute atomic E-state index is 0.428. The minimum atomic E-state index is 0.428. The second kappa shape index (κ2) is 8.51. The quantitative estimate of drug-likeness (QED) is 0.612. The number of guanidine groups is 1. The van der Waals surface area contributed by atoms with Gasteiger partial charge in [-0.3, -0.25) is 9.98 Å². The van der Waals surface area contributed by atoms with E-state index in [-0.39, 0.29) is 0 Å². The number of aromatic nitrogens is 1. The van der Waals surface area contributed by atoms with Crippen LogP contribution in [0, 0.1) is 5.92 Å². The molecule has 1 aromatic rings. The summed E-state index contributed by atoms with van der Waals surface area (Å²) in [7, 11) is 1.79. The van der Waals surface area contributed by atoms with Crippen LogP contribution in [-0.4, -0.2) is 24.0 Å². The minimum Gasteiger partial charge on any atom is -0.354 e. The number of nitrogens with zero attached hydrogens (tertiary/aromatic N) is 2. The predicted octanol–water partition coefficient (Wildman–Crippen LogP) is 2.57. The zero-order valence-electron chi connectivity index (χ0n) is 12.5. The Morgan fingerprint density at radius 1 is 1.26 bits per heavy atom. The summed E-state index contributed by atoms with van der Waals surface area (Å²) in [6.45, 7) is 7.38. The van der Waals surface area contributed by atoms with Gasteiger partial charge in [0.1, 0.15) is 0 Å². The Hall–Kier alpha value is -1.58. The lowest BCUT2D eigenvalue weighted by atomic mass is 10.0. The van der Waals surface area contributed by atoms with Crippen molar-refractivity contribution in [2.45, 2.75) is 46.2 Å². The molecule has 0 spiro atoms. The van der Waals surface area contributed by atoms with Gasteiger partial charge < -0.3 is 10.6 Å². The molecule has 19 heavy (non-hydrogen) atoms. The molecule has 1 aromatic heterocycles. The average Bonchev–Trinajstić information content (AvgIpc) is 2.42. The molecule has 0 saturated carbocycles. The smallest absolute Gasteiger partial charge is 0.191 e. The molecule has 1 rings (SSSR count). The van der Waals surface area contributed by atoms with E-state index in [1.807, 2.05) is 18.2 Å². The van der Waals surface area contributed by atoms with Gasteiger partial charge in [-0.25, -0.2) is 0 Å². The summed E-state index contributed by atoms with van der Waals surface area (Å²) >= 11 is 0. The maximum atomic E-state index is 4.28. The van der Waals surface area contributed by atoms with Crippen LogP contribution < -0.4 is 10.6 Å². The van der Waals surface area contributed by atoms with Crippen LogP contribution in [0.4, 0.5) is 0 Å². The number of nitrogens with one attached hydrogen (secondary N) is 2. The molecule has 1 heterocycles. The number of aliphatic imine (C=N–C) groups is 1. The molecule has 0 aliphatic rings. The molecule has 1 atom stereocenters. The van der Waals surface area contributed by atoms with Crippen LogP contribution in [0.5, 0.6) is 0 Å². The Bertz CT molecular complexity index is 373. The van der Waals surface area contributed by atoms with Crippen molar-refractivity contribution in [1.29, 1.82) is 0 Å². The van der Waals surface area contributed by atoms with Crippen LogP contribution in [0.15, 0.2) is 29.4 Å². The van der Waals surface area contributed by atoms with E-state index in [9.17, 15) is 0 Å². The molecule has 0 aliphatic carbocycles. The molecular weight excluding hydrogens is 236 g/mol. The van der Waals surface area contributed by atoms with Gasteiger partial charge in [-0.1, -0.05) is 19.9 Å². The largest absolute Gasteiger partial charge is 0.354 e. The van der Waals surface area contributed by atoms with Gasteiger partial charge >= 0.3 is 0 Å². The Labute approximate surface area is 116 Å². The van der Waals surface area contributed by atoms with Gasteiger partial charge in [0.25, 0.3) is 0 Å². The third-order valence-corrected chi connectivity index (χ3v) is 2.95. The summed E-state index contributed by atoms with van der Waals surface area (Å²) in [4.78, 5) is 8.52. The molecule has 1 unspecified atom stereocenters. The highest BCUT2D eigenvalue weighted by atomic mass is 15.2. The topological polar surface area (TPSA) is 49.3 Å². The maximum Gasteiger partial charge on any atom is 0.191 e. The van der Waals surface area contributed by atoms with E-state index in [4.69, 9.17) is 0 Å². The van der Waals surface area contributed by atoms with Crippen molar-refractivity contribution < 1.29 is 0 Å². The van der Waals surface area contributed by atoms with Crippen LogP contribution in [0.2, 0.25) is 0 Å². The first-order chi connectivity index (χ1) is 9.11. The van der Waals surface area contributed by atoms with Crippen molar-refractivity contribution in [2.24, 2.45) is 10.9 Å². The van der Waals surface area contributed by atoms with Crippen LogP contribution in [0.3, 0.4) is 0 Å². The van der Waals surface area contributed by atoms with Gasteiger partial charge in [0.05, 0.1) is 12.2 Å². The third-order valence-electron chi connectivity index (χ3n) is 2.95. The van der Waals surface area contributed by atoms with Crippen molar-refractivity contribution in [3.63, 3.8) is 0 Å². The standard InChI is InChI=1S/C15H26N4/c1-12(2)8-9-13(3)19-15(16-4)18-11-14-7-5-6-10-17-14/h5-7,10,12-13H,8-9,11H2,1-4H3,(H2,16,18,19). The Balaban J connectivity index is 2.34. The van der Waals surface area contributed by atoms with E-state index < -0.39 is 0 Å². The Kier molecular flexibility index (Phi) is 6.93. The van der Waals surface area contributed by atoms with Gasteiger partial charge in [0.15, 0.2) is 5.96 Å². The number of rotatable bonds is 6. The summed E-state index contributed by atoms with van der Waals surface area (Å²) in [5.74, 6) is 1.58. The summed E-state index contributed by atoms with van der Waals surface area (Å²) in [5.41, 5.74) is 1.01. The molecular formula is C15H26N4. The Morgan fingerprint density at radius 3 is 2.63 bits per heavy atom. The Morgan fingerprint density at radius 2 is 2.05 bits per heavy atom. The van der Waals surface area contributed by atoms with Gasteiger partial charge in [0.2, 0.25) is 0 Å². The van der Waals surface area contributed by atoms with Crippen LogP contribution >= 0.6 is 0 Å². The SMILES string of the molecule is CN=C(NCc1ccccn1)NC(C)CCC(C)C. The number of hydrogen-bond donors (Lipinski definition) is 2. The van der Waals surface area contributed by atoms with E-state index >= 15 is 0 Å². The monoisotopic (exact) mass is 262 g/mol. The van der Waals surface area contributed by atoms with Gasteiger partial charge in [-0.15, -0.1) is 0 Å². The highest BCUT2D eigenvalue weighted by Crippen LogP contribution is 2.06. The maximum absolute atomic E-state index is 4.28. The van der Waals surface area contributed by atoms with Gasteiger partial charge in [-0.05, 0) is 37.8 Å². The first kappa shape index (κ1) is 15.5. The van der Waals surface area contributed by atoms with Crippen LogP contribution in [-0.2, 0) is 6.54 Å². The molecule has 2 N–H and O–H groups in total. The molecule has 0 saturated heterocycles. The van der Waals surface area contributed by atoms with Crippen LogP contribution in [0.25, 0.3) is 0 Å². The predicted molar refractivity (Wildman–Crippen MR) is 81.1 cm³/mol. The molecule has 4 nitrogen and oxygen atoms in total. The lowest BCUT2D eigenvalue weighted by Crippen LogP contribution is -2.42. The van der Waals surface area contributed by atoms with Gasteiger partial charge in [-0.2, -0.15) is 0 Å². The molecule has 0 radical (unpaired) electrons. The van der Waals surface area contributed by atoms with Crippen LogP contribution in [0.1, 0.15) is 39.3 Å². The van der Waals surface area contributed by atoms with Crippen molar-refractivity contribution in [2.75, 3.05) is 7.05 Å². The fourth-order valence-electron chi connectivity index (χ4n) is 1.76. The lowest BCUT2D eigenvalue weighted by molar-refractivity contribution is 0.489. The van der Waals surface area contributed by atoms with Crippen molar-refractivity contribution in [3.8, 4) is 0 Å². The second-order valence-corrected chi connectivity index (χ2v) is 5.26.